The molecule has 1 aliphatic heterocycles. The van der Waals surface area contributed by atoms with Crippen LogP contribution >= 0.6 is 0 Å². The Morgan fingerprint density at radius 2 is 1.10 bits per heavy atom. The Labute approximate surface area is 290 Å². The average molecular weight is 643 g/mol. The van der Waals surface area contributed by atoms with E-state index in [0.717, 1.165) is 34.7 Å². The second-order valence-corrected chi connectivity index (χ2v) is 13.2. The van der Waals surface area contributed by atoms with Crippen molar-refractivity contribution in [3.05, 3.63) is 182 Å². The zero-order valence-corrected chi connectivity index (χ0v) is 27.4. The van der Waals surface area contributed by atoms with Gasteiger partial charge in [0.25, 0.3) is 0 Å². The van der Waals surface area contributed by atoms with E-state index in [1.165, 1.54) is 49.4 Å². The maximum atomic E-state index is 5.30. The van der Waals surface area contributed by atoms with Crippen molar-refractivity contribution in [2.24, 2.45) is 10.9 Å². The van der Waals surface area contributed by atoms with Crippen molar-refractivity contribution < 1.29 is 0 Å². The van der Waals surface area contributed by atoms with Crippen molar-refractivity contribution in [3.8, 4) is 16.8 Å². The molecule has 6 aromatic carbocycles. The highest BCUT2D eigenvalue weighted by molar-refractivity contribution is 6.16. The molecule has 2 unspecified atom stereocenters. The van der Waals surface area contributed by atoms with Crippen molar-refractivity contribution >= 4 is 55.3 Å². The molecule has 3 heterocycles. The van der Waals surface area contributed by atoms with Gasteiger partial charge in [0.2, 0.25) is 5.96 Å². The van der Waals surface area contributed by atoms with Gasteiger partial charge in [0.05, 0.1) is 33.8 Å². The number of nitrogens with zero attached hydrogens (tertiary/aromatic N) is 3. The molecule has 0 saturated heterocycles. The first-order valence-electron chi connectivity index (χ1n) is 17.4. The number of para-hydroxylation sites is 3. The first-order chi connectivity index (χ1) is 24.8. The molecule has 0 spiro atoms. The van der Waals surface area contributed by atoms with Crippen molar-refractivity contribution in [1.29, 1.82) is 0 Å². The first kappa shape index (κ1) is 28.6. The van der Waals surface area contributed by atoms with Gasteiger partial charge < -0.3 is 9.88 Å². The summed E-state index contributed by atoms with van der Waals surface area (Å²) in [5.41, 5.74) is 10.4. The van der Waals surface area contributed by atoms with Crippen LogP contribution in [-0.4, -0.2) is 21.1 Å². The molecule has 1 N–H and O–H groups in total. The monoisotopic (exact) mass is 642 g/mol. The Balaban J connectivity index is 1.13. The van der Waals surface area contributed by atoms with Gasteiger partial charge in [-0.3, -0.25) is 4.57 Å². The molecule has 0 bridgehead atoms. The van der Waals surface area contributed by atoms with E-state index in [4.69, 9.17) is 4.99 Å². The molecule has 8 aromatic rings. The predicted molar refractivity (Wildman–Crippen MR) is 210 cm³/mol. The summed E-state index contributed by atoms with van der Waals surface area (Å²) in [7, 11) is 0. The van der Waals surface area contributed by atoms with E-state index in [0.29, 0.717) is 5.92 Å². The fraction of sp³-hybridized carbons (Fsp3) is 0.0652. The number of allylic oxidation sites excluding steroid dienone is 3. The van der Waals surface area contributed by atoms with E-state index in [9.17, 15) is 0 Å². The summed E-state index contributed by atoms with van der Waals surface area (Å²) >= 11 is 0. The van der Waals surface area contributed by atoms with Crippen molar-refractivity contribution in [2.45, 2.75) is 12.5 Å². The molecule has 0 saturated carbocycles. The average Bonchev–Trinajstić information content (AvgIpc) is 3.71. The normalized spacial score (nSPS) is 17.4. The van der Waals surface area contributed by atoms with Crippen LogP contribution in [0.15, 0.2) is 181 Å². The Bertz CT molecular complexity index is 2700. The highest BCUT2D eigenvalue weighted by atomic mass is 15.2. The van der Waals surface area contributed by atoms with Crippen LogP contribution in [0, 0.1) is 5.92 Å². The van der Waals surface area contributed by atoms with Gasteiger partial charge in [-0.15, -0.1) is 0 Å². The lowest BCUT2D eigenvalue weighted by Crippen LogP contribution is -2.44. The molecule has 0 amide bonds. The standard InChI is InChI=1S/C46H34N4/c1-4-14-31(15-5-1)40-30-41(32-16-6-2-7-17-32)48-46(47-40)50-43-23-13-11-21-37(43)39-29-34(25-27-45(39)50)33-24-26-44-38(28-33)36-20-10-12-22-42(36)49(44)35-18-8-3-9-19-35/h1-16,18-30,32,41H,17H2,(H,47,48). The summed E-state index contributed by atoms with van der Waals surface area (Å²) in [5, 5.41) is 8.79. The molecule has 2 aromatic heterocycles. The molecule has 4 nitrogen and oxygen atoms in total. The van der Waals surface area contributed by atoms with E-state index >= 15 is 0 Å². The molecule has 2 atom stereocenters. The molecular weight excluding hydrogens is 609 g/mol. The Morgan fingerprint density at radius 1 is 0.520 bits per heavy atom. The third-order valence-electron chi connectivity index (χ3n) is 10.3. The van der Waals surface area contributed by atoms with Gasteiger partial charge >= 0.3 is 0 Å². The number of rotatable bonds is 4. The van der Waals surface area contributed by atoms with Crippen LogP contribution in [0.1, 0.15) is 12.0 Å². The second-order valence-electron chi connectivity index (χ2n) is 13.2. The quantitative estimate of drug-likeness (QED) is 0.204. The second kappa shape index (κ2) is 11.6. The molecule has 238 valence electrons. The van der Waals surface area contributed by atoms with Gasteiger partial charge in [0.1, 0.15) is 0 Å². The van der Waals surface area contributed by atoms with E-state index in [1.54, 1.807) is 0 Å². The number of nitrogens with one attached hydrogen (secondary N) is 1. The molecule has 2 aliphatic rings. The lowest BCUT2D eigenvalue weighted by atomic mass is 9.91. The molecule has 0 radical (unpaired) electrons. The lowest BCUT2D eigenvalue weighted by Gasteiger charge is -2.30. The summed E-state index contributed by atoms with van der Waals surface area (Å²) < 4.78 is 4.68. The number of aliphatic imine (C=N–C) groups is 1. The molecule has 4 heteroatoms. The van der Waals surface area contributed by atoms with Crippen molar-refractivity contribution in [2.75, 3.05) is 0 Å². The Morgan fingerprint density at radius 3 is 1.76 bits per heavy atom. The zero-order chi connectivity index (χ0) is 33.0. The van der Waals surface area contributed by atoms with Gasteiger partial charge in [0, 0.05) is 33.2 Å². The van der Waals surface area contributed by atoms with Gasteiger partial charge in [-0.05, 0) is 77.7 Å². The van der Waals surface area contributed by atoms with Crippen LogP contribution < -0.4 is 5.32 Å². The molecule has 1 aliphatic carbocycles. The maximum absolute atomic E-state index is 5.30. The largest absolute Gasteiger partial charge is 0.348 e. The summed E-state index contributed by atoms with van der Waals surface area (Å²) in [5.74, 6) is 1.19. The number of aromatic nitrogens is 2. The van der Waals surface area contributed by atoms with Crippen LogP contribution in [0.5, 0.6) is 0 Å². The van der Waals surface area contributed by atoms with E-state index in [1.807, 2.05) is 0 Å². The number of hydrogen-bond acceptors (Lipinski definition) is 2. The molecular formula is C46H34N4. The smallest absolute Gasteiger partial charge is 0.209 e. The van der Waals surface area contributed by atoms with Crippen LogP contribution in [0.2, 0.25) is 0 Å². The summed E-state index contributed by atoms with van der Waals surface area (Å²) in [6.07, 6.45) is 12.2. The van der Waals surface area contributed by atoms with Gasteiger partial charge in [-0.1, -0.05) is 121 Å². The van der Waals surface area contributed by atoms with E-state index in [-0.39, 0.29) is 6.04 Å². The minimum atomic E-state index is 0.110. The number of hydrogen-bond donors (Lipinski definition) is 1. The van der Waals surface area contributed by atoms with Gasteiger partial charge in [-0.25, -0.2) is 4.99 Å². The van der Waals surface area contributed by atoms with Crippen LogP contribution in [0.3, 0.4) is 0 Å². The SMILES string of the molecule is C1=CCC(C2C=C(c3ccccc3)N=C(n3c4ccccc4c4cc(-c5ccc6c(c5)c5ccccc5n6-c5ccccc5)ccc43)N2)C=C1. The summed E-state index contributed by atoms with van der Waals surface area (Å²) in [6.45, 7) is 0. The number of benzene rings is 6. The fourth-order valence-corrected chi connectivity index (χ4v) is 7.91. The van der Waals surface area contributed by atoms with Gasteiger partial charge in [-0.2, -0.15) is 0 Å². The molecule has 10 rings (SSSR count). The van der Waals surface area contributed by atoms with Gasteiger partial charge in [0.15, 0.2) is 0 Å². The highest BCUT2D eigenvalue weighted by Crippen LogP contribution is 2.38. The zero-order valence-electron chi connectivity index (χ0n) is 27.4. The van der Waals surface area contributed by atoms with Crippen LogP contribution in [-0.2, 0) is 0 Å². The van der Waals surface area contributed by atoms with Crippen LogP contribution in [0.25, 0.3) is 66.1 Å². The third kappa shape index (κ3) is 4.64. The highest BCUT2D eigenvalue weighted by Gasteiger charge is 2.26. The third-order valence-corrected chi connectivity index (χ3v) is 10.3. The number of fused-ring (bicyclic) bond motifs is 6. The lowest BCUT2D eigenvalue weighted by molar-refractivity contribution is 0.530. The fourth-order valence-electron chi connectivity index (χ4n) is 7.91. The summed E-state index contributed by atoms with van der Waals surface area (Å²) in [4.78, 5) is 5.30. The summed E-state index contributed by atoms with van der Waals surface area (Å²) in [6, 6.07) is 52.5. The Hall–Kier alpha value is -6.39. The van der Waals surface area contributed by atoms with E-state index in [2.05, 4.69) is 190 Å². The topological polar surface area (TPSA) is 34.2 Å². The van der Waals surface area contributed by atoms with Crippen LogP contribution in [0.4, 0.5) is 0 Å². The first-order valence-corrected chi connectivity index (χ1v) is 17.4. The minimum absolute atomic E-state index is 0.110. The molecule has 0 fully saturated rings. The van der Waals surface area contributed by atoms with Crippen molar-refractivity contribution in [1.82, 2.24) is 14.5 Å². The molecule has 50 heavy (non-hydrogen) atoms. The predicted octanol–water partition coefficient (Wildman–Crippen LogP) is 10.9. The van der Waals surface area contributed by atoms with E-state index < -0.39 is 0 Å². The van der Waals surface area contributed by atoms with Crippen molar-refractivity contribution in [3.63, 3.8) is 0 Å². The Kier molecular flexibility index (Phi) is 6.66. The maximum Gasteiger partial charge on any atom is 0.209 e. The minimum Gasteiger partial charge on any atom is -0.348 e.